The lowest BCUT2D eigenvalue weighted by atomic mass is 9.73. The first-order valence-corrected chi connectivity index (χ1v) is 10.9. The van der Waals surface area contributed by atoms with Crippen molar-refractivity contribution in [2.24, 2.45) is 5.41 Å². The third-order valence-electron chi connectivity index (χ3n) is 5.98. The summed E-state index contributed by atoms with van der Waals surface area (Å²) < 4.78 is 11.1. The molecule has 6 nitrogen and oxygen atoms in total. The molecule has 1 aromatic carbocycles. The largest absolute Gasteiger partial charge is 0.464 e. The molecule has 0 aliphatic carbocycles. The smallest absolute Gasteiger partial charge is 0.349 e. The van der Waals surface area contributed by atoms with E-state index >= 15 is 0 Å². The van der Waals surface area contributed by atoms with Gasteiger partial charge in [0, 0.05) is 5.41 Å². The molecule has 29 heavy (non-hydrogen) atoms. The summed E-state index contributed by atoms with van der Waals surface area (Å²) >= 11 is 1.32. The van der Waals surface area contributed by atoms with E-state index in [4.69, 9.17) is 9.47 Å². The summed E-state index contributed by atoms with van der Waals surface area (Å²) in [6.45, 7) is 3.68. The number of benzene rings is 1. The molecular formula is C22H26N2O4S. The summed E-state index contributed by atoms with van der Waals surface area (Å²) in [4.78, 5) is 28.0. The zero-order valence-electron chi connectivity index (χ0n) is 16.3. The van der Waals surface area contributed by atoms with E-state index in [1.165, 1.54) is 11.3 Å². The number of carbonyl (C=O) groups excluding carboxylic acids is 2. The third kappa shape index (κ3) is 4.86. The van der Waals surface area contributed by atoms with Gasteiger partial charge in [0.2, 0.25) is 0 Å². The van der Waals surface area contributed by atoms with Crippen molar-refractivity contribution in [2.75, 3.05) is 33.0 Å². The molecule has 0 spiro atoms. The van der Waals surface area contributed by atoms with Crippen LogP contribution in [0.3, 0.4) is 0 Å². The molecule has 1 aromatic heterocycles. The lowest BCUT2D eigenvalue weighted by molar-refractivity contribution is -0.153. The Bertz CT molecular complexity index is 803. The molecule has 5 rings (SSSR count). The molecule has 154 valence electrons. The third-order valence-corrected chi connectivity index (χ3v) is 6.83. The highest BCUT2D eigenvalue weighted by atomic mass is 32.1. The van der Waals surface area contributed by atoms with Crippen LogP contribution in [0, 0.1) is 5.41 Å². The maximum Gasteiger partial charge on any atom is 0.349 e. The van der Waals surface area contributed by atoms with Crippen LogP contribution in [0.1, 0.15) is 40.5 Å². The fraction of sp³-hybridized carbons (Fsp3) is 0.455. The molecule has 0 saturated carbocycles. The fourth-order valence-corrected chi connectivity index (χ4v) is 4.68. The van der Waals surface area contributed by atoms with Gasteiger partial charge in [0.1, 0.15) is 17.6 Å². The van der Waals surface area contributed by atoms with Crippen LogP contribution in [-0.2, 0) is 14.3 Å². The highest BCUT2D eigenvalue weighted by Crippen LogP contribution is 2.40. The quantitative estimate of drug-likeness (QED) is 0.528. The highest BCUT2D eigenvalue weighted by Gasteiger charge is 2.40. The van der Waals surface area contributed by atoms with Crippen LogP contribution in [0.4, 0.5) is 0 Å². The van der Waals surface area contributed by atoms with Gasteiger partial charge in [-0.15, -0.1) is 11.3 Å². The molecule has 7 heteroatoms. The van der Waals surface area contributed by atoms with Gasteiger partial charge < -0.3 is 14.4 Å². The fourth-order valence-electron chi connectivity index (χ4n) is 4.06. The Morgan fingerprint density at radius 2 is 1.76 bits per heavy atom. The topological polar surface area (TPSA) is 67.9 Å². The Balaban J connectivity index is 1.36. The van der Waals surface area contributed by atoms with Crippen LogP contribution >= 0.6 is 11.3 Å². The summed E-state index contributed by atoms with van der Waals surface area (Å²) in [6, 6.07) is 12.2. The number of hydrogen-bond acceptors (Lipinski definition) is 7. The first-order valence-electron chi connectivity index (χ1n) is 10.0. The van der Waals surface area contributed by atoms with Crippen molar-refractivity contribution < 1.29 is 19.1 Å². The lowest BCUT2D eigenvalue weighted by Crippen LogP contribution is -2.50. The van der Waals surface area contributed by atoms with E-state index in [0.717, 1.165) is 44.5 Å². The van der Waals surface area contributed by atoms with Gasteiger partial charge in [0.05, 0.1) is 6.61 Å². The van der Waals surface area contributed by atoms with Crippen molar-refractivity contribution in [3.63, 3.8) is 0 Å². The molecule has 4 heterocycles. The van der Waals surface area contributed by atoms with Gasteiger partial charge in [-0.05, 0) is 55.9 Å². The molecule has 3 aliphatic rings. The molecule has 2 aromatic rings. The SMILES string of the molecule is O=C(OCNC(C(=O)OCC12CCN(CC1)CC2)c1ccccc1)c1cccs1. The van der Waals surface area contributed by atoms with E-state index in [1.807, 2.05) is 35.7 Å². The van der Waals surface area contributed by atoms with Gasteiger partial charge in [0.25, 0.3) is 0 Å². The average Bonchev–Trinajstić information content (AvgIpc) is 3.32. The number of thiophene rings is 1. The second-order valence-corrected chi connectivity index (χ2v) is 8.75. The number of nitrogens with zero attached hydrogens (tertiary/aromatic N) is 1. The number of esters is 2. The lowest BCUT2D eigenvalue weighted by Gasteiger charge is -2.48. The van der Waals surface area contributed by atoms with Crippen molar-refractivity contribution in [3.05, 3.63) is 58.3 Å². The molecule has 3 fully saturated rings. The molecule has 3 aliphatic heterocycles. The Morgan fingerprint density at radius 3 is 2.41 bits per heavy atom. The maximum atomic E-state index is 12.9. The normalized spacial score (nSPS) is 24.1. The van der Waals surface area contributed by atoms with Crippen LogP contribution in [-0.4, -0.2) is 49.8 Å². The molecular weight excluding hydrogens is 388 g/mol. The minimum absolute atomic E-state index is 0.0640. The van der Waals surface area contributed by atoms with Crippen molar-refractivity contribution in [1.29, 1.82) is 0 Å². The number of piperidine rings is 3. The van der Waals surface area contributed by atoms with Crippen molar-refractivity contribution >= 4 is 23.3 Å². The van der Waals surface area contributed by atoms with Gasteiger partial charge in [-0.3, -0.25) is 5.32 Å². The number of carbonyl (C=O) groups is 2. The Morgan fingerprint density at radius 1 is 1.03 bits per heavy atom. The van der Waals surface area contributed by atoms with Crippen LogP contribution in [0.25, 0.3) is 0 Å². The summed E-state index contributed by atoms with van der Waals surface area (Å²) in [6.07, 6.45) is 3.26. The van der Waals surface area contributed by atoms with Crippen LogP contribution < -0.4 is 5.32 Å². The standard InChI is InChI=1S/C22H26N2O4S/c25-20(18-7-4-14-29-18)28-16-23-19(17-5-2-1-3-6-17)21(26)27-15-22-8-11-24(12-9-22)13-10-22/h1-7,14,19,23H,8-13,15-16H2. The van der Waals surface area contributed by atoms with Gasteiger partial charge in [0.15, 0.2) is 0 Å². The van der Waals surface area contributed by atoms with Crippen molar-refractivity contribution in [3.8, 4) is 0 Å². The van der Waals surface area contributed by atoms with Gasteiger partial charge in [-0.2, -0.15) is 0 Å². The molecule has 2 bridgehead atoms. The predicted molar refractivity (Wildman–Crippen MR) is 111 cm³/mol. The van der Waals surface area contributed by atoms with Gasteiger partial charge in [-0.1, -0.05) is 36.4 Å². The van der Waals surface area contributed by atoms with Gasteiger partial charge >= 0.3 is 11.9 Å². The summed E-state index contributed by atoms with van der Waals surface area (Å²) in [5, 5.41) is 4.86. The number of hydrogen-bond donors (Lipinski definition) is 1. The predicted octanol–water partition coefficient (Wildman–Crippen LogP) is 3.22. The minimum Gasteiger partial charge on any atom is -0.464 e. The van der Waals surface area contributed by atoms with E-state index in [9.17, 15) is 9.59 Å². The summed E-state index contributed by atoms with van der Waals surface area (Å²) in [7, 11) is 0. The zero-order valence-corrected chi connectivity index (χ0v) is 17.2. The van der Waals surface area contributed by atoms with Crippen LogP contribution in [0.15, 0.2) is 47.8 Å². The first-order chi connectivity index (χ1) is 14.2. The number of fused-ring (bicyclic) bond motifs is 3. The molecule has 1 N–H and O–H groups in total. The molecule has 0 amide bonds. The minimum atomic E-state index is -0.674. The van der Waals surface area contributed by atoms with E-state index in [0.29, 0.717) is 11.5 Å². The molecule has 1 unspecified atom stereocenters. The van der Waals surface area contributed by atoms with E-state index < -0.39 is 12.0 Å². The Hall–Kier alpha value is -2.22. The summed E-state index contributed by atoms with van der Waals surface area (Å²) in [5.41, 5.74) is 0.915. The second kappa shape index (κ2) is 9.07. The molecule has 0 radical (unpaired) electrons. The highest BCUT2D eigenvalue weighted by molar-refractivity contribution is 7.11. The van der Waals surface area contributed by atoms with E-state index in [-0.39, 0.29) is 18.1 Å². The van der Waals surface area contributed by atoms with E-state index in [1.54, 1.807) is 12.1 Å². The zero-order chi connectivity index (χ0) is 20.1. The monoisotopic (exact) mass is 414 g/mol. The van der Waals surface area contributed by atoms with Gasteiger partial charge in [-0.25, -0.2) is 9.59 Å². The van der Waals surface area contributed by atoms with Crippen LogP contribution in [0.2, 0.25) is 0 Å². The molecule has 3 saturated heterocycles. The number of ether oxygens (including phenoxy) is 2. The second-order valence-electron chi connectivity index (χ2n) is 7.80. The average molecular weight is 415 g/mol. The summed E-state index contributed by atoms with van der Waals surface area (Å²) in [5.74, 6) is -0.730. The number of rotatable bonds is 8. The van der Waals surface area contributed by atoms with Crippen molar-refractivity contribution in [2.45, 2.75) is 25.3 Å². The number of nitrogens with one attached hydrogen (secondary N) is 1. The van der Waals surface area contributed by atoms with Crippen LogP contribution in [0.5, 0.6) is 0 Å². The van der Waals surface area contributed by atoms with Crippen molar-refractivity contribution in [1.82, 2.24) is 10.2 Å². The molecule has 1 atom stereocenters. The maximum absolute atomic E-state index is 12.9. The first kappa shape index (κ1) is 20.1. The van der Waals surface area contributed by atoms with E-state index in [2.05, 4.69) is 10.2 Å². The Kier molecular flexibility index (Phi) is 6.28. The Labute approximate surface area is 174 Å².